The number of rotatable bonds is 4. The molecule has 0 amide bonds. The Labute approximate surface area is 145 Å². The monoisotopic (exact) mass is 347 g/mol. The number of hydrazone groups is 1. The van der Waals surface area contributed by atoms with Gasteiger partial charge in [-0.1, -0.05) is 23.7 Å². The van der Waals surface area contributed by atoms with Gasteiger partial charge in [0.05, 0.1) is 30.3 Å². The van der Waals surface area contributed by atoms with Crippen molar-refractivity contribution in [3.8, 4) is 0 Å². The van der Waals surface area contributed by atoms with E-state index in [0.29, 0.717) is 42.7 Å². The van der Waals surface area contributed by atoms with Crippen LogP contribution in [0.25, 0.3) is 0 Å². The van der Waals surface area contributed by atoms with Crippen molar-refractivity contribution in [2.45, 2.75) is 6.92 Å². The molecule has 0 atom stereocenters. The summed E-state index contributed by atoms with van der Waals surface area (Å²) in [7, 11) is 0. The Hall–Kier alpha value is -2.11. The van der Waals surface area contributed by atoms with Crippen LogP contribution in [0.3, 0.4) is 0 Å². The number of nitrogens with one attached hydrogen (secondary N) is 1. The molecule has 2 aromatic rings. The molecule has 2 aromatic carbocycles. The van der Waals surface area contributed by atoms with Crippen molar-refractivity contribution >= 4 is 28.7 Å². The van der Waals surface area contributed by atoms with Crippen molar-refractivity contribution in [2.24, 2.45) is 5.10 Å². The van der Waals surface area contributed by atoms with Gasteiger partial charge in [-0.05, 0) is 37.3 Å². The minimum Gasteiger partial charge on any atom is -0.378 e. The third kappa shape index (κ3) is 4.04. The summed E-state index contributed by atoms with van der Waals surface area (Å²) < 4.78 is 19.7. The van der Waals surface area contributed by atoms with Crippen LogP contribution in [-0.2, 0) is 4.74 Å². The molecule has 1 N–H and O–H groups in total. The molecule has 0 saturated carbocycles. The van der Waals surface area contributed by atoms with E-state index in [1.165, 1.54) is 6.07 Å². The number of ether oxygens (including phenoxy) is 1. The van der Waals surface area contributed by atoms with Gasteiger partial charge in [0, 0.05) is 23.7 Å². The summed E-state index contributed by atoms with van der Waals surface area (Å²) in [5.74, 6) is -0.244. The molecule has 24 heavy (non-hydrogen) atoms. The second kappa shape index (κ2) is 7.64. The average molecular weight is 348 g/mol. The van der Waals surface area contributed by atoms with Crippen LogP contribution in [0.4, 0.5) is 15.8 Å². The molecule has 4 nitrogen and oxygen atoms in total. The number of hydrogen-bond acceptors (Lipinski definition) is 4. The highest BCUT2D eigenvalue weighted by Gasteiger charge is 2.15. The Kier molecular flexibility index (Phi) is 5.33. The van der Waals surface area contributed by atoms with Crippen molar-refractivity contribution < 1.29 is 9.13 Å². The SMILES string of the molecule is C/C(=N/Nc1cccc(Cl)c1)c1ccc(N2CCOCC2)c(F)c1. The first-order valence-corrected chi connectivity index (χ1v) is 8.20. The topological polar surface area (TPSA) is 36.9 Å². The Morgan fingerprint density at radius 2 is 2.00 bits per heavy atom. The van der Waals surface area contributed by atoms with Crippen molar-refractivity contribution in [2.75, 3.05) is 36.6 Å². The molecular weight excluding hydrogens is 329 g/mol. The summed E-state index contributed by atoms with van der Waals surface area (Å²) in [5, 5.41) is 4.93. The zero-order chi connectivity index (χ0) is 16.9. The molecule has 0 radical (unpaired) electrons. The van der Waals surface area contributed by atoms with Crippen LogP contribution in [0.1, 0.15) is 12.5 Å². The Balaban J connectivity index is 1.74. The highest BCUT2D eigenvalue weighted by Crippen LogP contribution is 2.22. The van der Waals surface area contributed by atoms with Gasteiger partial charge < -0.3 is 9.64 Å². The van der Waals surface area contributed by atoms with Gasteiger partial charge in [-0.2, -0.15) is 5.10 Å². The van der Waals surface area contributed by atoms with Crippen LogP contribution >= 0.6 is 11.6 Å². The second-order valence-corrected chi connectivity index (χ2v) is 6.02. The normalized spacial score (nSPS) is 15.5. The lowest BCUT2D eigenvalue weighted by molar-refractivity contribution is 0.122. The van der Waals surface area contributed by atoms with Gasteiger partial charge in [-0.25, -0.2) is 4.39 Å². The van der Waals surface area contributed by atoms with Crippen LogP contribution in [0.2, 0.25) is 5.02 Å². The molecule has 0 bridgehead atoms. The lowest BCUT2D eigenvalue weighted by atomic mass is 10.1. The van der Waals surface area contributed by atoms with Crippen molar-refractivity contribution in [3.05, 3.63) is 58.9 Å². The van der Waals surface area contributed by atoms with Gasteiger partial charge in [0.15, 0.2) is 0 Å². The van der Waals surface area contributed by atoms with E-state index < -0.39 is 0 Å². The van der Waals surface area contributed by atoms with Gasteiger partial charge in [0.2, 0.25) is 0 Å². The summed E-state index contributed by atoms with van der Waals surface area (Å²) in [4.78, 5) is 2.00. The molecule has 1 aliphatic rings. The van der Waals surface area contributed by atoms with E-state index >= 15 is 0 Å². The maximum absolute atomic E-state index is 14.4. The lowest BCUT2D eigenvalue weighted by Crippen LogP contribution is -2.36. The maximum Gasteiger partial charge on any atom is 0.147 e. The third-order valence-electron chi connectivity index (χ3n) is 3.89. The second-order valence-electron chi connectivity index (χ2n) is 5.58. The van der Waals surface area contributed by atoms with Gasteiger partial charge >= 0.3 is 0 Å². The molecule has 0 aliphatic carbocycles. The predicted molar refractivity (Wildman–Crippen MR) is 96.7 cm³/mol. The number of hydrogen-bond donors (Lipinski definition) is 1. The first-order chi connectivity index (χ1) is 11.6. The van der Waals surface area contributed by atoms with Crippen LogP contribution in [0, 0.1) is 5.82 Å². The Morgan fingerprint density at radius 1 is 1.21 bits per heavy atom. The van der Waals surface area contributed by atoms with Crippen LogP contribution in [0.5, 0.6) is 0 Å². The number of benzene rings is 2. The van der Waals surface area contributed by atoms with Crippen molar-refractivity contribution in [1.82, 2.24) is 0 Å². The number of nitrogens with zero attached hydrogens (tertiary/aromatic N) is 2. The standard InChI is InChI=1S/C18H19ClFN3O/c1-13(21-22-16-4-2-3-15(19)12-16)14-5-6-18(17(20)11-14)23-7-9-24-10-8-23/h2-6,11-12,22H,7-10H2,1H3/b21-13-. The molecule has 1 fully saturated rings. The molecule has 3 rings (SSSR count). The van der Waals surface area contributed by atoms with Gasteiger partial charge in [-0.15, -0.1) is 0 Å². The van der Waals surface area contributed by atoms with E-state index in [0.717, 1.165) is 11.3 Å². The molecule has 1 saturated heterocycles. The highest BCUT2D eigenvalue weighted by molar-refractivity contribution is 6.30. The summed E-state index contributed by atoms with van der Waals surface area (Å²) in [6.07, 6.45) is 0. The van der Waals surface area contributed by atoms with Crippen molar-refractivity contribution in [3.63, 3.8) is 0 Å². The smallest absolute Gasteiger partial charge is 0.147 e. The minimum absolute atomic E-state index is 0.244. The molecule has 0 unspecified atom stereocenters. The molecule has 1 aliphatic heterocycles. The Bertz CT molecular complexity index is 745. The van der Waals surface area contributed by atoms with Crippen LogP contribution in [0.15, 0.2) is 47.6 Å². The lowest BCUT2D eigenvalue weighted by Gasteiger charge is -2.29. The largest absolute Gasteiger partial charge is 0.378 e. The zero-order valence-electron chi connectivity index (χ0n) is 13.4. The molecular formula is C18H19ClFN3O. The summed E-state index contributed by atoms with van der Waals surface area (Å²) in [6, 6.07) is 12.5. The summed E-state index contributed by atoms with van der Waals surface area (Å²) in [5.41, 5.74) is 5.76. The van der Waals surface area contributed by atoms with Crippen molar-refractivity contribution in [1.29, 1.82) is 0 Å². The molecule has 6 heteroatoms. The minimum atomic E-state index is -0.244. The van der Waals surface area contributed by atoms with Gasteiger partial charge in [0.1, 0.15) is 5.82 Å². The molecule has 0 aromatic heterocycles. The fraction of sp³-hybridized carbons (Fsp3) is 0.278. The van der Waals surface area contributed by atoms with Crippen LogP contribution < -0.4 is 10.3 Å². The number of morpholine rings is 1. The average Bonchev–Trinajstić information content (AvgIpc) is 2.60. The van der Waals surface area contributed by atoms with E-state index in [9.17, 15) is 4.39 Å². The van der Waals surface area contributed by atoms with Gasteiger partial charge in [0.25, 0.3) is 0 Å². The van der Waals surface area contributed by atoms with E-state index in [4.69, 9.17) is 16.3 Å². The summed E-state index contributed by atoms with van der Waals surface area (Å²) >= 11 is 5.94. The zero-order valence-corrected chi connectivity index (χ0v) is 14.2. The quantitative estimate of drug-likeness (QED) is 0.666. The predicted octanol–water partition coefficient (Wildman–Crippen LogP) is 4.15. The fourth-order valence-electron chi connectivity index (χ4n) is 2.56. The first-order valence-electron chi connectivity index (χ1n) is 7.82. The molecule has 0 spiro atoms. The Morgan fingerprint density at radius 3 is 2.71 bits per heavy atom. The van der Waals surface area contributed by atoms with Gasteiger partial charge in [-0.3, -0.25) is 5.43 Å². The fourth-order valence-corrected chi connectivity index (χ4v) is 2.75. The van der Waals surface area contributed by atoms with E-state index in [1.54, 1.807) is 18.2 Å². The van der Waals surface area contributed by atoms with E-state index in [-0.39, 0.29) is 5.82 Å². The third-order valence-corrected chi connectivity index (χ3v) is 4.13. The molecule has 126 valence electrons. The highest BCUT2D eigenvalue weighted by atomic mass is 35.5. The summed E-state index contributed by atoms with van der Waals surface area (Å²) in [6.45, 7) is 4.51. The maximum atomic E-state index is 14.4. The molecule has 1 heterocycles. The van der Waals surface area contributed by atoms with Crippen LogP contribution in [-0.4, -0.2) is 32.0 Å². The first kappa shape index (κ1) is 16.7. The van der Waals surface area contributed by atoms with E-state index in [1.807, 2.05) is 30.0 Å². The number of anilines is 2. The number of halogens is 2. The van der Waals surface area contributed by atoms with E-state index in [2.05, 4.69) is 10.5 Å².